The molecule has 0 aliphatic carbocycles. The first-order chi connectivity index (χ1) is 10.2. The van der Waals surface area contributed by atoms with E-state index in [1.165, 1.54) is 11.1 Å². The van der Waals surface area contributed by atoms with Crippen molar-refractivity contribution in [2.75, 3.05) is 5.32 Å². The van der Waals surface area contributed by atoms with Gasteiger partial charge < -0.3 is 9.88 Å². The minimum Gasteiger partial charge on any atom is -0.352 e. The molecule has 0 amide bonds. The molecule has 2 heterocycles. The van der Waals surface area contributed by atoms with Crippen LogP contribution in [0.2, 0.25) is 0 Å². The van der Waals surface area contributed by atoms with Gasteiger partial charge in [0.05, 0.1) is 11.9 Å². The van der Waals surface area contributed by atoms with Crippen LogP contribution in [0.25, 0.3) is 11.3 Å². The van der Waals surface area contributed by atoms with E-state index in [1.807, 2.05) is 31.6 Å². The number of nitrogens with one attached hydrogen (secondary N) is 1. The highest BCUT2D eigenvalue weighted by Gasteiger charge is 2.08. The summed E-state index contributed by atoms with van der Waals surface area (Å²) >= 11 is 0. The quantitative estimate of drug-likeness (QED) is 0.795. The van der Waals surface area contributed by atoms with Crippen molar-refractivity contribution in [3.63, 3.8) is 0 Å². The van der Waals surface area contributed by atoms with E-state index in [-0.39, 0.29) is 0 Å². The van der Waals surface area contributed by atoms with Crippen LogP contribution >= 0.6 is 0 Å². The van der Waals surface area contributed by atoms with Crippen LogP contribution < -0.4 is 5.32 Å². The number of benzene rings is 1. The molecule has 106 valence electrons. The van der Waals surface area contributed by atoms with Gasteiger partial charge in [0, 0.05) is 26.0 Å². The third-order valence-corrected chi connectivity index (χ3v) is 3.51. The second-order valence-electron chi connectivity index (χ2n) is 5.11. The summed E-state index contributed by atoms with van der Waals surface area (Å²) in [6, 6.07) is 12.5. The summed E-state index contributed by atoms with van der Waals surface area (Å²) in [5, 5.41) is 3.34. The van der Waals surface area contributed by atoms with E-state index in [0.29, 0.717) is 6.54 Å². The predicted molar refractivity (Wildman–Crippen MR) is 84.9 cm³/mol. The van der Waals surface area contributed by atoms with Crippen molar-refractivity contribution >= 4 is 5.95 Å². The first-order valence-corrected chi connectivity index (χ1v) is 6.95. The summed E-state index contributed by atoms with van der Waals surface area (Å²) in [6.45, 7) is 2.81. The molecular formula is C17H18N4. The molecule has 3 aromatic rings. The molecule has 0 spiro atoms. The Morgan fingerprint density at radius 3 is 2.62 bits per heavy atom. The van der Waals surface area contributed by atoms with Crippen molar-refractivity contribution in [1.82, 2.24) is 14.5 Å². The average molecular weight is 278 g/mol. The zero-order valence-electron chi connectivity index (χ0n) is 12.2. The van der Waals surface area contributed by atoms with Crippen LogP contribution in [0, 0.1) is 6.92 Å². The molecule has 0 radical (unpaired) electrons. The van der Waals surface area contributed by atoms with Gasteiger partial charge in [0.25, 0.3) is 0 Å². The fraction of sp³-hybridized carbons (Fsp3) is 0.176. The summed E-state index contributed by atoms with van der Waals surface area (Å²) < 4.78 is 2.07. The molecule has 4 nitrogen and oxygen atoms in total. The van der Waals surface area contributed by atoms with Crippen molar-refractivity contribution in [2.45, 2.75) is 13.5 Å². The standard InChI is InChI=1S/C17H18N4/c1-13-5-7-15(8-6-13)16-12-20-17(21(16)2)19-11-14-4-3-9-18-10-14/h3-10,12H,11H2,1-2H3,(H,19,20). The summed E-state index contributed by atoms with van der Waals surface area (Å²) in [4.78, 5) is 8.57. The van der Waals surface area contributed by atoms with Gasteiger partial charge in [0.15, 0.2) is 0 Å². The van der Waals surface area contributed by atoms with Crippen molar-refractivity contribution in [1.29, 1.82) is 0 Å². The molecule has 0 fully saturated rings. The van der Waals surface area contributed by atoms with Crippen molar-refractivity contribution in [3.05, 3.63) is 66.1 Å². The van der Waals surface area contributed by atoms with Gasteiger partial charge in [-0.05, 0) is 24.1 Å². The van der Waals surface area contributed by atoms with Crippen LogP contribution in [0.1, 0.15) is 11.1 Å². The van der Waals surface area contributed by atoms with Gasteiger partial charge in [-0.15, -0.1) is 0 Å². The summed E-state index contributed by atoms with van der Waals surface area (Å²) in [7, 11) is 2.02. The van der Waals surface area contributed by atoms with E-state index in [4.69, 9.17) is 0 Å². The number of pyridine rings is 1. The Kier molecular flexibility index (Phi) is 3.69. The van der Waals surface area contributed by atoms with E-state index in [2.05, 4.69) is 51.0 Å². The fourth-order valence-corrected chi connectivity index (χ4v) is 2.25. The Morgan fingerprint density at radius 1 is 1.10 bits per heavy atom. The van der Waals surface area contributed by atoms with Gasteiger partial charge in [-0.3, -0.25) is 4.98 Å². The Morgan fingerprint density at radius 2 is 1.90 bits per heavy atom. The van der Waals surface area contributed by atoms with Crippen LogP contribution in [0.5, 0.6) is 0 Å². The maximum absolute atomic E-state index is 4.46. The minimum absolute atomic E-state index is 0.714. The zero-order chi connectivity index (χ0) is 14.7. The molecule has 21 heavy (non-hydrogen) atoms. The van der Waals surface area contributed by atoms with Crippen LogP contribution in [-0.2, 0) is 13.6 Å². The number of hydrogen-bond acceptors (Lipinski definition) is 3. The first-order valence-electron chi connectivity index (χ1n) is 6.95. The number of aryl methyl sites for hydroxylation is 1. The molecule has 1 aromatic carbocycles. The summed E-state index contributed by atoms with van der Waals surface area (Å²) in [6.07, 6.45) is 5.53. The third kappa shape index (κ3) is 2.94. The smallest absolute Gasteiger partial charge is 0.203 e. The molecule has 3 rings (SSSR count). The lowest BCUT2D eigenvalue weighted by Gasteiger charge is -2.08. The lowest BCUT2D eigenvalue weighted by atomic mass is 10.1. The molecular weight excluding hydrogens is 260 g/mol. The normalized spacial score (nSPS) is 10.6. The largest absolute Gasteiger partial charge is 0.352 e. The SMILES string of the molecule is Cc1ccc(-c2cnc(NCc3cccnc3)n2C)cc1. The van der Waals surface area contributed by atoms with Gasteiger partial charge in [-0.2, -0.15) is 0 Å². The molecule has 0 saturated heterocycles. The number of rotatable bonds is 4. The van der Waals surface area contributed by atoms with Crippen LogP contribution in [0.4, 0.5) is 5.95 Å². The second-order valence-corrected chi connectivity index (χ2v) is 5.11. The fourth-order valence-electron chi connectivity index (χ4n) is 2.25. The van der Waals surface area contributed by atoms with E-state index in [0.717, 1.165) is 17.2 Å². The first kappa shape index (κ1) is 13.4. The zero-order valence-corrected chi connectivity index (χ0v) is 12.2. The van der Waals surface area contributed by atoms with Crippen LogP contribution in [0.3, 0.4) is 0 Å². The Balaban J connectivity index is 1.78. The molecule has 0 unspecified atom stereocenters. The Labute approximate surface area is 124 Å². The number of nitrogens with zero attached hydrogens (tertiary/aromatic N) is 3. The van der Waals surface area contributed by atoms with Crippen molar-refractivity contribution < 1.29 is 0 Å². The highest BCUT2D eigenvalue weighted by molar-refractivity contribution is 5.61. The lowest BCUT2D eigenvalue weighted by molar-refractivity contribution is 0.905. The second kappa shape index (κ2) is 5.79. The number of anilines is 1. The van der Waals surface area contributed by atoms with Crippen molar-refractivity contribution in [3.8, 4) is 11.3 Å². The van der Waals surface area contributed by atoms with Gasteiger partial charge >= 0.3 is 0 Å². The maximum Gasteiger partial charge on any atom is 0.203 e. The van der Waals surface area contributed by atoms with Crippen LogP contribution in [0.15, 0.2) is 55.0 Å². The Hall–Kier alpha value is -2.62. The monoisotopic (exact) mass is 278 g/mol. The molecule has 1 N–H and O–H groups in total. The van der Waals surface area contributed by atoms with Gasteiger partial charge in [-0.25, -0.2) is 4.98 Å². The van der Waals surface area contributed by atoms with Gasteiger partial charge in [-0.1, -0.05) is 35.9 Å². The molecule has 4 heteroatoms. The maximum atomic E-state index is 4.46. The lowest BCUT2D eigenvalue weighted by Crippen LogP contribution is -2.05. The highest BCUT2D eigenvalue weighted by Crippen LogP contribution is 2.22. The Bertz CT molecular complexity index is 714. The average Bonchev–Trinajstić information content (AvgIpc) is 2.88. The third-order valence-electron chi connectivity index (χ3n) is 3.51. The van der Waals surface area contributed by atoms with Gasteiger partial charge in [0.1, 0.15) is 0 Å². The predicted octanol–water partition coefficient (Wildman–Crippen LogP) is 3.40. The van der Waals surface area contributed by atoms with E-state index < -0.39 is 0 Å². The number of imidazole rings is 1. The molecule has 0 atom stereocenters. The van der Waals surface area contributed by atoms with Crippen LogP contribution in [-0.4, -0.2) is 14.5 Å². The van der Waals surface area contributed by atoms with Crippen molar-refractivity contribution in [2.24, 2.45) is 7.05 Å². The van der Waals surface area contributed by atoms with E-state index in [9.17, 15) is 0 Å². The van der Waals surface area contributed by atoms with E-state index >= 15 is 0 Å². The number of hydrogen-bond donors (Lipinski definition) is 1. The van der Waals surface area contributed by atoms with Gasteiger partial charge in [0.2, 0.25) is 5.95 Å². The topological polar surface area (TPSA) is 42.7 Å². The number of aromatic nitrogens is 3. The van der Waals surface area contributed by atoms with E-state index in [1.54, 1.807) is 6.20 Å². The highest BCUT2D eigenvalue weighted by atomic mass is 15.2. The molecule has 0 saturated carbocycles. The minimum atomic E-state index is 0.714. The molecule has 0 aliphatic heterocycles. The molecule has 0 bridgehead atoms. The summed E-state index contributed by atoms with van der Waals surface area (Å²) in [5.41, 5.74) is 4.67. The summed E-state index contributed by atoms with van der Waals surface area (Å²) in [5.74, 6) is 0.856. The molecule has 2 aromatic heterocycles. The molecule has 0 aliphatic rings.